The van der Waals surface area contributed by atoms with E-state index in [-0.39, 0.29) is 38.1 Å². The van der Waals surface area contributed by atoms with Gasteiger partial charge in [0.25, 0.3) is 11.8 Å². The van der Waals surface area contributed by atoms with Gasteiger partial charge in [0.2, 0.25) is 0 Å². The largest absolute Gasteiger partial charge is 0.465 e. The quantitative estimate of drug-likeness (QED) is 0.158. The molecule has 11 nitrogen and oxygen atoms in total. The minimum Gasteiger partial charge on any atom is -0.465 e. The highest BCUT2D eigenvalue weighted by Gasteiger charge is 2.10. The van der Waals surface area contributed by atoms with Crippen molar-refractivity contribution in [3.05, 3.63) is 137 Å². The summed E-state index contributed by atoms with van der Waals surface area (Å²) in [4.78, 5) is 61.8. The van der Waals surface area contributed by atoms with Crippen molar-refractivity contribution in [3.63, 3.8) is 0 Å². The van der Waals surface area contributed by atoms with Gasteiger partial charge in [0.05, 0.1) is 36.0 Å². The number of esters is 2. The Morgan fingerprint density at radius 3 is 1.25 bits per heavy atom. The zero-order valence-electron chi connectivity index (χ0n) is 28.4. The van der Waals surface area contributed by atoms with E-state index in [0.717, 1.165) is 0 Å². The van der Waals surface area contributed by atoms with Crippen LogP contribution in [-0.2, 0) is 19.1 Å². The minimum atomic E-state index is -0.497. The molecule has 5 aromatic rings. The summed E-state index contributed by atoms with van der Waals surface area (Å²) < 4.78 is 9.65. The first-order chi connectivity index (χ1) is 25.3. The maximum absolute atomic E-state index is 12.3. The lowest BCUT2D eigenvalue weighted by molar-refractivity contribution is -0.142. The van der Waals surface area contributed by atoms with Crippen LogP contribution in [0.5, 0.6) is 0 Å². The number of nitrogens with one attached hydrogen (secondary N) is 2. The molecule has 0 spiro atoms. The van der Waals surface area contributed by atoms with E-state index in [4.69, 9.17) is 14.5 Å². The van der Waals surface area contributed by atoms with Gasteiger partial charge >= 0.3 is 11.9 Å². The highest BCUT2D eigenvalue weighted by Crippen LogP contribution is 2.21. The Hall–Kier alpha value is -7.11. The van der Waals surface area contributed by atoms with E-state index in [2.05, 4.69) is 44.3 Å². The minimum absolute atomic E-state index is 0.199. The predicted molar refractivity (Wildman–Crippen MR) is 193 cm³/mol. The summed E-state index contributed by atoms with van der Waals surface area (Å²) in [6, 6.07) is 30.1. The van der Waals surface area contributed by atoms with Gasteiger partial charge in [0, 0.05) is 22.3 Å². The van der Waals surface area contributed by atoms with E-state index >= 15 is 0 Å². The van der Waals surface area contributed by atoms with Crippen LogP contribution in [0.4, 0.5) is 0 Å². The number of rotatable bonds is 10. The van der Waals surface area contributed by atoms with Crippen molar-refractivity contribution in [2.45, 2.75) is 13.8 Å². The molecule has 5 rings (SSSR count). The molecule has 3 heterocycles. The van der Waals surface area contributed by atoms with E-state index in [1.54, 1.807) is 74.5 Å². The number of pyridine rings is 3. The molecule has 0 aliphatic heterocycles. The van der Waals surface area contributed by atoms with Crippen LogP contribution in [0.25, 0.3) is 22.8 Å². The fourth-order valence-electron chi connectivity index (χ4n) is 4.63. The highest BCUT2D eigenvalue weighted by molar-refractivity contribution is 5.96. The molecule has 52 heavy (non-hydrogen) atoms. The monoisotopic (exact) mass is 691 g/mol. The Kier molecular flexibility index (Phi) is 12.6. The van der Waals surface area contributed by atoms with Gasteiger partial charge in [-0.1, -0.05) is 30.0 Å². The van der Waals surface area contributed by atoms with E-state index in [9.17, 15) is 19.2 Å². The van der Waals surface area contributed by atoms with Crippen molar-refractivity contribution in [3.8, 4) is 46.5 Å². The third-order valence-corrected chi connectivity index (χ3v) is 7.13. The number of carbonyl (C=O) groups is 4. The van der Waals surface area contributed by atoms with Crippen LogP contribution in [0.15, 0.2) is 103 Å². The normalized spacial score (nSPS) is 10.0. The van der Waals surface area contributed by atoms with Crippen molar-refractivity contribution in [1.29, 1.82) is 0 Å². The summed E-state index contributed by atoms with van der Waals surface area (Å²) >= 11 is 0. The molecule has 0 aliphatic carbocycles. The van der Waals surface area contributed by atoms with E-state index < -0.39 is 11.9 Å². The third kappa shape index (κ3) is 10.4. The Labute approximate surface area is 300 Å². The molecule has 11 heteroatoms. The van der Waals surface area contributed by atoms with Gasteiger partial charge in [-0.3, -0.25) is 19.2 Å². The second kappa shape index (κ2) is 18.0. The van der Waals surface area contributed by atoms with Crippen molar-refractivity contribution in [2.75, 3.05) is 26.3 Å². The molecule has 0 unspecified atom stereocenters. The fraction of sp³-hybridized carbons (Fsp3) is 0.146. The van der Waals surface area contributed by atoms with Crippen molar-refractivity contribution in [2.24, 2.45) is 0 Å². The topological polar surface area (TPSA) is 149 Å². The molecule has 258 valence electrons. The fourth-order valence-corrected chi connectivity index (χ4v) is 4.63. The molecule has 0 saturated carbocycles. The average molecular weight is 692 g/mol. The Balaban J connectivity index is 1.23. The molecule has 3 aromatic heterocycles. The summed E-state index contributed by atoms with van der Waals surface area (Å²) in [6.07, 6.45) is 0. The predicted octanol–water partition coefficient (Wildman–Crippen LogP) is 4.59. The molecular formula is C41H33N5O6. The SMILES string of the molecule is CCOC(=O)CNC(=O)c1ccc(C#Cc2cccc(-c3cccc(-c4cccc(C#Cc5ccc(C(=O)NCC(=O)OCC)cc5)n4)n3)n2)cc1. The third-order valence-electron chi connectivity index (χ3n) is 7.13. The molecule has 0 saturated heterocycles. The lowest BCUT2D eigenvalue weighted by Gasteiger charge is -2.05. The first-order valence-electron chi connectivity index (χ1n) is 16.3. The number of hydrogen-bond donors (Lipinski definition) is 2. The standard InChI is InChI=1S/C41H33N5O6/c1-3-51-38(47)26-42-40(49)30-20-14-28(15-21-30)18-24-32-8-5-10-34(44-32)36-12-7-13-37(46-36)35-11-6-9-33(45-35)25-19-29-16-22-31(23-17-29)41(50)43-27-39(48)52-4-2/h5-17,20-23H,3-4,26-27H2,1-2H3,(H,42,49)(H,43,50). The maximum Gasteiger partial charge on any atom is 0.325 e. The van der Waals surface area contributed by atoms with Crippen molar-refractivity contribution in [1.82, 2.24) is 25.6 Å². The van der Waals surface area contributed by atoms with Crippen LogP contribution in [0.2, 0.25) is 0 Å². The number of ether oxygens (including phenoxy) is 2. The van der Waals surface area contributed by atoms with Crippen LogP contribution in [0, 0.1) is 23.7 Å². The van der Waals surface area contributed by atoms with Crippen LogP contribution in [0.1, 0.15) is 57.1 Å². The first-order valence-corrected chi connectivity index (χ1v) is 16.3. The van der Waals surface area contributed by atoms with Crippen LogP contribution in [-0.4, -0.2) is 65.0 Å². The number of aromatic nitrogens is 3. The summed E-state index contributed by atoms with van der Waals surface area (Å²) in [5, 5.41) is 5.06. The van der Waals surface area contributed by atoms with Crippen LogP contribution >= 0.6 is 0 Å². The second-order valence-corrected chi connectivity index (χ2v) is 10.9. The smallest absolute Gasteiger partial charge is 0.325 e. The number of hydrogen-bond acceptors (Lipinski definition) is 9. The molecular weight excluding hydrogens is 658 g/mol. The summed E-state index contributed by atoms with van der Waals surface area (Å²) in [5.74, 6) is 10.5. The van der Waals surface area contributed by atoms with Gasteiger partial charge in [0.1, 0.15) is 24.5 Å². The van der Waals surface area contributed by atoms with Crippen LogP contribution in [0.3, 0.4) is 0 Å². The highest BCUT2D eigenvalue weighted by atomic mass is 16.5. The zero-order chi connectivity index (χ0) is 36.7. The average Bonchev–Trinajstić information content (AvgIpc) is 3.18. The number of carbonyl (C=O) groups excluding carboxylic acids is 4. The summed E-state index contributed by atoms with van der Waals surface area (Å²) in [7, 11) is 0. The van der Waals surface area contributed by atoms with Gasteiger partial charge in [0.15, 0.2) is 0 Å². The lowest BCUT2D eigenvalue weighted by atomic mass is 10.1. The number of nitrogens with zero attached hydrogens (tertiary/aromatic N) is 3. The number of benzene rings is 2. The van der Waals surface area contributed by atoms with Crippen LogP contribution < -0.4 is 10.6 Å². The van der Waals surface area contributed by atoms with Gasteiger partial charge in [-0.05, 0) is 111 Å². The van der Waals surface area contributed by atoms with Crippen molar-refractivity contribution < 1.29 is 28.7 Å². The van der Waals surface area contributed by atoms with E-state index in [1.165, 1.54) is 0 Å². The summed E-state index contributed by atoms with van der Waals surface area (Å²) in [6.45, 7) is 3.50. The molecule has 2 aromatic carbocycles. The first kappa shape index (κ1) is 36.2. The van der Waals surface area contributed by atoms with E-state index in [1.807, 2.05) is 42.5 Å². The summed E-state index contributed by atoms with van der Waals surface area (Å²) in [5.41, 5.74) is 5.82. The molecule has 2 N–H and O–H groups in total. The Bertz CT molecular complexity index is 2060. The second-order valence-electron chi connectivity index (χ2n) is 10.9. The molecule has 0 atom stereocenters. The van der Waals surface area contributed by atoms with Gasteiger partial charge < -0.3 is 20.1 Å². The van der Waals surface area contributed by atoms with Crippen molar-refractivity contribution >= 4 is 23.8 Å². The lowest BCUT2D eigenvalue weighted by Crippen LogP contribution is -2.30. The number of amides is 2. The molecule has 0 bridgehead atoms. The molecule has 0 radical (unpaired) electrons. The van der Waals surface area contributed by atoms with Gasteiger partial charge in [-0.15, -0.1) is 0 Å². The zero-order valence-corrected chi connectivity index (χ0v) is 28.4. The molecule has 0 aliphatic rings. The Morgan fingerprint density at radius 1 is 0.500 bits per heavy atom. The molecule has 2 amide bonds. The maximum atomic E-state index is 12.3. The van der Waals surface area contributed by atoms with E-state index in [0.29, 0.717) is 56.4 Å². The van der Waals surface area contributed by atoms with Gasteiger partial charge in [-0.25, -0.2) is 15.0 Å². The van der Waals surface area contributed by atoms with Gasteiger partial charge in [-0.2, -0.15) is 0 Å². The molecule has 0 fully saturated rings. The Morgan fingerprint density at radius 2 is 0.865 bits per heavy atom.